The van der Waals surface area contributed by atoms with E-state index in [9.17, 15) is 9.59 Å². The van der Waals surface area contributed by atoms with Crippen LogP contribution < -0.4 is 10.6 Å². The SMILES string of the molecule is CCSc1ccccc1NC(=O)NCc1ccc(C(=O)N2CCCC2)cc1. The highest BCUT2D eigenvalue weighted by Gasteiger charge is 2.19. The molecule has 5 nitrogen and oxygen atoms in total. The molecule has 142 valence electrons. The monoisotopic (exact) mass is 383 g/mol. The summed E-state index contributed by atoms with van der Waals surface area (Å²) < 4.78 is 0. The Labute approximate surface area is 164 Å². The first-order valence-corrected chi connectivity index (χ1v) is 10.3. The molecule has 3 rings (SSSR count). The Bertz CT molecular complexity index is 786. The third-order valence-corrected chi connectivity index (χ3v) is 5.44. The molecule has 0 aromatic heterocycles. The second kappa shape index (κ2) is 9.46. The molecule has 0 atom stereocenters. The summed E-state index contributed by atoms with van der Waals surface area (Å²) in [5.74, 6) is 1.04. The first-order valence-electron chi connectivity index (χ1n) is 9.32. The zero-order valence-electron chi connectivity index (χ0n) is 15.5. The summed E-state index contributed by atoms with van der Waals surface area (Å²) in [5.41, 5.74) is 2.48. The molecular weight excluding hydrogens is 358 g/mol. The van der Waals surface area contributed by atoms with Gasteiger partial charge < -0.3 is 15.5 Å². The standard InChI is InChI=1S/C21H25N3O2S/c1-2-27-19-8-4-3-7-18(19)23-21(26)22-15-16-9-11-17(12-10-16)20(25)24-13-5-6-14-24/h3-4,7-12H,2,5-6,13-15H2,1H3,(H2,22,23,26). The maximum Gasteiger partial charge on any atom is 0.319 e. The zero-order chi connectivity index (χ0) is 19.1. The summed E-state index contributed by atoms with van der Waals surface area (Å²) in [6.45, 7) is 4.19. The minimum Gasteiger partial charge on any atom is -0.339 e. The van der Waals surface area contributed by atoms with E-state index in [1.54, 1.807) is 11.8 Å². The Balaban J connectivity index is 1.52. The van der Waals surface area contributed by atoms with E-state index in [0.717, 1.165) is 47.8 Å². The van der Waals surface area contributed by atoms with Crippen LogP contribution in [-0.2, 0) is 6.54 Å². The van der Waals surface area contributed by atoms with Crippen LogP contribution in [0.3, 0.4) is 0 Å². The average Bonchev–Trinajstić information content (AvgIpc) is 3.23. The Morgan fingerprint density at radius 2 is 1.74 bits per heavy atom. The summed E-state index contributed by atoms with van der Waals surface area (Å²) in [7, 11) is 0. The lowest BCUT2D eigenvalue weighted by molar-refractivity contribution is 0.0793. The van der Waals surface area contributed by atoms with Crippen molar-refractivity contribution in [1.29, 1.82) is 0 Å². The Hall–Kier alpha value is -2.47. The van der Waals surface area contributed by atoms with E-state index < -0.39 is 0 Å². The summed E-state index contributed by atoms with van der Waals surface area (Å²) in [6.07, 6.45) is 2.17. The first-order chi connectivity index (χ1) is 13.2. The minimum atomic E-state index is -0.239. The van der Waals surface area contributed by atoms with Crippen molar-refractivity contribution in [2.45, 2.75) is 31.2 Å². The van der Waals surface area contributed by atoms with Gasteiger partial charge in [0, 0.05) is 30.1 Å². The van der Waals surface area contributed by atoms with Crippen LogP contribution in [0.25, 0.3) is 0 Å². The Morgan fingerprint density at radius 3 is 2.44 bits per heavy atom. The van der Waals surface area contributed by atoms with Crippen LogP contribution in [0.1, 0.15) is 35.7 Å². The molecule has 0 bridgehead atoms. The van der Waals surface area contributed by atoms with E-state index in [-0.39, 0.29) is 11.9 Å². The lowest BCUT2D eigenvalue weighted by Crippen LogP contribution is -2.29. The largest absolute Gasteiger partial charge is 0.339 e. The van der Waals surface area contributed by atoms with Gasteiger partial charge in [-0.05, 0) is 48.4 Å². The molecule has 2 N–H and O–H groups in total. The maximum atomic E-state index is 12.4. The molecule has 1 heterocycles. The molecule has 1 fully saturated rings. The lowest BCUT2D eigenvalue weighted by Gasteiger charge is -2.15. The molecule has 1 aliphatic heterocycles. The lowest BCUT2D eigenvalue weighted by atomic mass is 10.1. The van der Waals surface area contributed by atoms with Crippen molar-refractivity contribution >= 4 is 29.4 Å². The van der Waals surface area contributed by atoms with Crippen molar-refractivity contribution in [2.24, 2.45) is 0 Å². The highest BCUT2D eigenvalue weighted by atomic mass is 32.2. The summed E-state index contributed by atoms with van der Waals surface area (Å²) in [4.78, 5) is 27.5. The van der Waals surface area contributed by atoms with Gasteiger partial charge in [-0.15, -0.1) is 11.8 Å². The molecule has 0 radical (unpaired) electrons. The number of nitrogens with zero attached hydrogens (tertiary/aromatic N) is 1. The second-order valence-corrected chi connectivity index (χ2v) is 7.74. The smallest absolute Gasteiger partial charge is 0.319 e. The molecule has 6 heteroatoms. The van der Waals surface area contributed by atoms with Crippen molar-refractivity contribution < 1.29 is 9.59 Å². The number of hydrogen-bond acceptors (Lipinski definition) is 3. The van der Waals surface area contributed by atoms with Crippen LogP contribution in [0.15, 0.2) is 53.4 Å². The highest BCUT2D eigenvalue weighted by molar-refractivity contribution is 7.99. The molecule has 3 amide bonds. The summed E-state index contributed by atoms with van der Waals surface area (Å²) in [6, 6.07) is 15.0. The van der Waals surface area contributed by atoms with E-state index in [2.05, 4.69) is 17.6 Å². The van der Waals surface area contributed by atoms with Gasteiger partial charge in [-0.2, -0.15) is 0 Å². The fourth-order valence-electron chi connectivity index (χ4n) is 3.07. The molecule has 2 aromatic carbocycles. The average molecular weight is 384 g/mol. The van der Waals surface area contributed by atoms with E-state index in [1.165, 1.54) is 0 Å². The number of carbonyl (C=O) groups excluding carboxylic acids is 2. The van der Waals surface area contributed by atoms with Crippen molar-refractivity contribution in [1.82, 2.24) is 10.2 Å². The molecule has 2 aromatic rings. The van der Waals surface area contributed by atoms with E-state index in [0.29, 0.717) is 12.1 Å². The van der Waals surface area contributed by atoms with Gasteiger partial charge in [0.25, 0.3) is 5.91 Å². The van der Waals surface area contributed by atoms with Crippen molar-refractivity contribution in [2.75, 3.05) is 24.2 Å². The third-order valence-electron chi connectivity index (χ3n) is 4.48. The van der Waals surface area contributed by atoms with Gasteiger partial charge in [0.05, 0.1) is 5.69 Å². The molecule has 0 unspecified atom stereocenters. The van der Waals surface area contributed by atoms with Crippen LogP contribution in [0.5, 0.6) is 0 Å². The Morgan fingerprint density at radius 1 is 1.04 bits per heavy atom. The second-order valence-electron chi connectivity index (χ2n) is 6.43. The maximum absolute atomic E-state index is 12.4. The summed E-state index contributed by atoms with van der Waals surface area (Å²) >= 11 is 1.69. The molecule has 0 saturated carbocycles. The number of likely N-dealkylation sites (tertiary alicyclic amines) is 1. The molecule has 1 saturated heterocycles. The van der Waals surface area contributed by atoms with Crippen LogP contribution in [0, 0.1) is 0 Å². The number of thioether (sulfide) groups is 1. The number of urea groups is 1. The van der Waals surface area contributed by atoms with E-state index in [1.807, 2.05) is 53.4 Å². The predicted molar refractivity (Wildman–Crippen MR) is 110 cm³/mol. The number of nitrogens with one attached hydrogen (secondary N) is 2. The van der Waals surface area contributed by atoms with Gasteiger partial charge in [-0.25, -0.2) is 4.79 Å². The minimum absolute atomic E-state index is 0.0924. The normalized spacial score (nSPS) is 13.4. The van der Waals surface area contributed by atoms with Gasteiger partial charge in [0.1, 0.15) is 0 Å². The molecule has 0 aliphatic carbocycles. The van der Waals surface area contributed by atoms with Gasteiger partial charge in [-0.3, -0.25) is 4.79 Å². The topological polar surface area (TPSA) is 61.4 Å². The van der Waals surface area contributed by atoms with E-state index >= 15 is 0 Å². The van der Waals surface area contributed by atoms with Gasteiger partial charge in [-0.1, -0.05) is 31.2 Å². The Kier molecular flexibility index (Phi) is 6.76. The quantitative estimate of drug-likeness (QED) is 0.729. The fourth-order valence-corrected chi connectivity index (χ4v) is 3.83. The number of hydrogen-bond donors (Lipinski definition) is 2. The first kappa shape index (κ1) is 19.3. The van der Waals surface area contributed by atoms with Gasteiger partial charge in [0.15, 0.2) is 0 Å². The molecule has 0 spiro atoms. The van der Waals surface area contributed by atoms with Crippen molar-refractivity contribution in [3.8, 4) is 0 Å². The predicted octanol–water partition coefficient (Wildman–Crippen LogP) is 4.36. The van der Waals surface area contributed by atoms with Crippen molar-refractivity contribution in [3.05, 3.63) is 59.7 Å². The fraction of sp³-hybridized carbons (Fsp3) is 0.333. The van der Waals surface area contributed by atoms with E-state index in [4.69, 9.17) is 0 Å². The number of amides is 3. The van der Waals surface area contributed by atoms with Crippen LogP contribution in [-0.4, -0.2) is 35.7 Å². The molecule has 27 heavy (non-hydrogen) atoms. The number of para-hydroxylation sites is 1. The number of rotatable bonds is 6. The van der Waals surface area contributed by atoms with Crippen LogP contribution >= 0.6 is 11.8 Å². The zero-order valence-corrected chi connectivity index (χ0v) is 16.3. The van der Waals surface area contributed by atoms with Crippen LogP contribution in [0.4, 0.5) is 10.5 Å². The number of benzene rings is 2. The number of carbonyl (C=O) groups is 2. The third kappa shape index (κ3) is 5.26. The van der Waals surface area contributed by atoms with Gasteiger partial charge >= 0.3 is 6.03 Å². The van der Waals surface area contributed by atoms with Crippen LogP contribution in [0.2, 0.25) is 0 Å². The van der Waals surface area contributed by atoms with Gasteiger partial charge in [0.2, 0.25) is 0 Å². The highest BCUT2D eigenvalue weighted by Crippen LogP contribution is 2.26. The van der Waals surface area contributed by atoms with Crippen molar-refractivity contribution in [3.63, 3.8) is 0 Å². The molecule has 1 aliphatic rings. The molecular formula is C21H25N3O2S. The number of anilines is 1. The summed E-state index contributed by atoms with van der Waals surface area (Å²) in [5, 5.41) is 5.77.